The summed E-state index contributed by atoms with van der Waals surface area (Å²) in [7, 11) is 3.37. The van der Waals surface area contributed by atoms with Crippen LogP contribution in [-0.2, 0) is 9.47 Å². The number of methoxy groups -OCH3 is 2. The molecule has 0 saturated heterocycles. The third-order valence-electron chi connectivity index (χ3n) is 3.63. The van der Waals surface area contributed by atoms with Crippen LogP contribution >= 0.6 is 0 Å². The Morgan fingerprint density at radius 3 is 2.35 bits per heavy atom. The fraction of sp³-hybridized carbons (Fsp3) is 0.647. The van der Waals surface area contributed by atoms with Gasteiger partial charge in [-0.15, -0.1) is 0 Å². The number of benzene rings is 1. The second-order valence-corrected chi connectivity index (χ2v) is 6.01. The molecule has 1 aromatic rings. The van der Waals surface area contributed by atoms with E-state index in [1.54, 1.807) is 14.2 Å². The molecule has 0 spiro atoms. The molecule has 0 aromatic heterocycles. The molecule has 0 radical (unpaired) electrons. The highest BCUT2D eigenvalue weighted by molar-refractivity contribution is 5.35. The van der Waals surface area contributed by atoms with Crippen molar-refractivity contribution in [1.82, 2.24) is 0 Å². The Morgan fingerprint density at radius 2 is 1.75 bits per heavy atom. The van der Waals surface area contributed by atoms with E-state index in [0.717, 1.165) is 18.6 Å². The number of aryl methyl sites for hydroxylation is 2. The molecule has 0 fully saturated rings. The van der Waals surface area contributed by atoms with Crippen LogP contribution in [0.1, 0.15) is 37.8 Å². The Bertz CT molecular complexity index is 409. The molecule has 20 heavy (non-hydrogen) atoms. The van der Waals surface area contributed by atoms with Crippen molar-refractivity contribution in [3.05, 3.63) is 29.3 Å². The topological polar surface area (TPSA) is 27.7 Å². The van der Waals surface area contributed by atoms with E-state index in [0.29, 0.717) is 6.61 Å². The molecule has 0 saturated carbocycles. The summed E-state index contributed by atoms with van der Waals surface area (Å²) < 4.78 is 16.6. The second kappa shape index (κ2) is 7.65. The molecule has 0 aliphatic carbocycles. The van der Waals surface area contributed by atoms with Crippen molar-refractivity contribution in [2.24, 2.45) is 5.41 Å². The predicted molar refractivity (Wildman–Crippen MR) is 82.2 cm³/mol. The van der Waals surface area contributed by atoms with Crippen LogP contribution in [0, 0.1) is 19.3 Å². The third kappa shape index (κ3) is 4.80. The van der Waals surface area contributed by atoms with Gasteiger partial charge in [-0.3, -0.25) is 0 Å². The van der Waals surface area contributed by atoms with Crippen molar-refractivity contribution < 1.29 is 14.2 Å². The Hall–Kier alpha value is -1.06. The standard InChI is InChI=1S/C17H28O3/c1-13-8-9-14(2)15(12-13)20-11-7-10-17(3,4)16(18-5)19-6/h8-9,12,16H,7,10-11H2,1-6H3. The zero-order valence-electron chi connectivity index (χ0n) is 13.7. The summed E-state index contributed by atoms with van der Waals surface area (Å²) in [6.45, 7) is 9.18. The SMILES string of the molecule is COC(OC)C(C)(C)CCCOc1cc(C)ccc1C. The van der Waals surface area contributed by atoms with Crippen LogP contribution in [0.3, 0.4) is 0 Å². The summed E-state index contributed by atoms with van der Waals surface area (Å²) in [6.07, 6.45) is 1.79. The quantitative estimate of drug-likeness (QED) is 0.530. The summed E-state index contributed by atoms with van der Waals surface area (Å²) in [4.78, 5) is 0. The fourth-order valence-electron chi connectivity index (χ4n) is 2.42. The van der Waals surface area contributed by atoms with Crippen molar-refractivity contribution in [1.29, 1.82) is 0 Å². The zero-order valence-corrected chi connectivity index (χ0v) is 13.7. The van der Waals surface area contributed by atoms with Crippen LogP contribution in [0.5, 0.6) is 5.75 Å². The van der Waals surface area contributed by atoms with Crippen LogP contribution in [0.15, 0.2) is 18.2 Å². The van der Waals surface area contributed by atoms with E-state index in [2.05, 4.69) is 45.9 Å². The molecule has 0 bridgehead atoms. The summed E-state index contributed by atoms with van der Waals surface area (Å²) in [5.74, 6) is 0.984. The molecular weight excluding hydrogens is 252 g/mol. The number of hydrogen-bond acceptors (Lipinski definition) is 3. The van der Waals surface area contributed by atoms with Crippen LogP contribution in [0.2, 0.25) is 0 Å². The van der Waals surface area contributed by atoms with Gasteiger partial charge < -0.3 is 14.2 Å². The summed E-state index contributed by atoms with van der Waals surface area (Å²) in [6, 6.07) is 6.29. The predicted octanol–water partition coefficient (Wildman–Crippen LogP) is 4.11. The van der Waals surface area contributed by atoms with E-state index in [4.69, 9.17) is 14.2 Å². The Balaban J connectivity index is 2.43. The maximum atomic E-state index is 5.88. The first-order chi connectivity index (χ1) is 9.40. The molecule has 0 aliphatic heterocycles. The van der Waals surface area contributed by atoms with E-state index >= 15 is 0 Å². The minimum Gasteiger partial charge on any atom is -0.493 e. The van der Waals surface area contributed by atoms with E-state index < -0.39 is 0 Å². The lowest BCUT2D eigenvalue weighted by Crippen LogP contribution is -2.33. The highest BCUT2D eigenvalue weighted by Gasteiger charge is 2.29. The maximum Gasteiger partial charge on any atom is 0.161 e. The van der Waals surface area contributed by atoms with Crippen LogP contribution < -0.4 is 4.74 Å². The van der Waals surface area contributed by atoms with Crippen LogP contribution in [0.4, 0.5) is 0 Å². The summed E-state index contributed by atoms with van der Waals surface area (Å²) >= 11 is 0. The first kappa shape index (κ1) is 17.0. The second-order valence-electron chi connectivity index (χ2n) is 6.01. The van der Waals surface area contributed by atoms with Gasteiger partial charge in [0.25, 0.3) is 0 Å². The molecule has 114 valence electrons. The van der Waals surface area contributed by atoms with E-state index in [9.17, 15) is 0 Å². The smallest absolute Gasteiger partial charge is 0.161 e. The van der Waals surface area contributed by atoms with Crippen molar-refractivity contribution in [2.75, 3.05) is 20.8 Å². The minimum absolute atomic E-state index is 0.0193. The average molecular weight is 280 g/mol. The van der Waals surface area contributed by atoms with Gasteiger partial charge in [0.2, 0.25) is 0 Å². The molecule has 0 heterocycles. The Morgan fingerprint density at radius 1 is 1.10 bits per heavy atom. The summed E-state index contributed by atoms with van der Waals surface area (Å²) in [5.41, 5.74) is 2.39. The zero-order chi connectivity index (χ0) is 15.2. The normalized spacial score (nSPS) is 11.9. The molecule has 3 nitrogen and oxygen atoms in total. The molecule has 0 N–H and O–H groups in total. The molecule has 0 atom stereocenters. The van der Waals surface area contributed by atoms with Crippen molar-refractivity contribution >= 4 is 0 Å². The lowest BCUT2D eigenvalue weighted by molar-refractivity contribution is -0.170. The summed E-state index contributed by atoms with van der Waals surface area (Å²) in [5, 5.41) is 0. The largest absolute Gasteiger partial charge is 0.493 e. The molecular formula is C17H28O3. The Labute approximate surface area is 123 Å². The monoisotopic (exact) mass is 280 g/mol. The average Bonchev–Trinajstić information content (AvgIpc) is 2.39. The van der Waals surface area contributed by atoms with Gasteiger partial charge in [-0.2, -0.15) is 0 Å². The molecule has 3 heteroatoms. The van der Waals surface area contributed by atoms with Crippen LogP contribution in [0.25, 0.3) is 0 Å². The van der Waals surface area contributed by atoms with Crippen molar-refractivity contribution in [2.45, 2.75) is 46.8 Å². The highest BCUT2D eigenvalue weighted by atomic mass is 16.7. The molecule has 0 unspecified atom stereocenters. The van der Waals surface area contributed by atoms with Gasteiger partial charge in [0.15, 0.2) is 6.29 Å². The van der Waals surface area contributed by atoms with Gasteiger partial charge in [0.05, 0.1) is 6.61 Å². The highest BCUT2D eigenvalue weighted by Crippen LogP contribution is 2.29. The molecule has 0 aliphatic rings. The maximum absolute atomic E-state index is 5.88. The Kier molecular flexibility index (Phi) is 6.50. The van der Waals surface area contributed by atoms with Gasteiger partial charge in [-0.05, 0) is 43.9 Å². The van der Waals surface area contributed by atoms with Gasteiger partial charge in [-0.1, -0.05) is 26.0 Å². The van der Waals surface area contributed by atoms with E-state index in [1.807, 2.05) is 0 Å². The van der Waals surface area contributed by atoms with Gasteiger partial charge in [-0.25, -0.2) is 0 Å². The number of ether oxygens (including phenoxy) is 3. The van der Waals surface area contributed by atoms with Gasteiger partial charge >= 0.3 is 0 Å². The lowest BCUT2D eigenvalue weighted by Gasteiger charge is -2.31. The minimum atomic E-state index is -0.178. The number of rotatable bonds is 8. The number of hydrogen-bond donors (Lipinski definition) is 0. The first-order valence-electron chi connectivity index (χ1n) is 7.16. The van der Waals surface area contributed by atoms with E-state index in [-0.39, 0.29) is 11.7 Å². The van der Waals surface area contributed by atoms with Crippen molar-refractivity contribution in [3.63, 3.8) is 0 Å². The van der Waals surface area contributed by atoms with Crippen LogP contribution in [-0.4, -0.2) is 27.1 Å². The van der Waals surface area contributed by atoms with Crippen molar-refractivity contribution in [3.8, 4) is 5.75 Å². The first-order valence-corrected chi connectivity index (χ1v) is 7.16. The molecule has 1 aromatic carbocycles. The molecule has 1 rings (SSSR count). The molecule has 0 amide bonds. The third-order valence-corrected chi connectivity index (χ3v) is 3.63. The van der Waals surface area contributed by atoms with Gasteiger partial charge in [0.1, 0.15) is 5.75 Å². The van der Waals surface area contributed by atoms with E-state index in [1.165, 1.54) is 11.1 Å². The fourth-order valence-corrected chi connectivity index (χ4v) is 2.42. The van der Waals surface area contributed by atoms with Gasteiger partial charge in [0, 0.05) is 19.6 Å². The lowest BCUT2D eigenvalue weighted by atomic mass is 9.87.